The molecule has 0 aromatic heterocycles. The number of piperidine rings is 1. The Hall–Kier alpha value is -2.86. The maximum atomic E-state index is 13.4. The lowest BCUT2D eigenvalue weighted by Crippen LogP contribution is -2.68. The summed E-state index contributed by atoms with van der Waals surface area (Å²) in [6.45, 7) is 4.30. The number of hydrogen-bond donors (Lipinski definition) is 0. The lowest BCUT2D eigenvalue weighted by Gasteiger charge is -2.60. The molecule has 2 unspecified atom stereocenters. The maximum Gasteiger partial charge on any atom is 0.303 e. The first-order chi connectivity index (χ1) is 17.4. The van der Waals surface area contributed by atoms with E-state index in [9.17, 15) is 9.59 Å². The van der Waals surface area contributed by atoms with Crippen molar-refractivity contribution in [1.82, 2.24) is 9.80 Å². The van der Waals surface area contributed by atoms with Crippen molar-refractivity contribution in [2.75, 3.05) is 33.8 Å². The number of carbonyl (C=O) groups is 2. The van der Waals surface area contributed by atoms with Crippen LogP contribution in [-0.2, 0) is 14.9 Å². The predicted molar refractivity (Wildman–Crippen MR) is 139 cm³/mol. The average Bonchev–Trinajstić information content (AvgIpc) is 3.71. The van der Waals surface area contributed by atoms with Crippen LogP contribution in [0.2, 0.25) is 0 Å². The van der Waals surface area contributed by atoms with Crippen molar-refractivity contribution in [2.45, 2.75) is 62.5 Å². The molecule has 192 valence electrons. The van der Waals surface area contributed by atoms with Crippen LogP contribution >= 0.6 is 0 Å². The molecule has 0 N–H and O–H groups in total. The van der Waals surface area contributed by atoms with Gasteiger partial charge in [0.1, 0.15) is 11.4 Å². The number of amides is 1. The Balaban J connectivity index is 1.53. The highest BCUT2D eigenvalue weighted by atomic mass is 16.6. The highest BCUT2D eigenvalue weighted by Gasteiger charge is 2.61. The summed E-state index contributed by atoms with van der Waals surface area (Å²) in [7, 11) is 3.60. The van der Waals surface area contributed by atoms with Crippen molar-refractivity contribution in [2.24, 2.45) is 5.92 Å². The van der Waals surface area contributed by atoms with Crippen molar-refractivity contribution in [3.8, 4) is 5.75 Å². The number of rotatable bonds is 7. The third kappa shape index (κ3) is 4.63. The third-order valence-corrected chi connectivity index (χ3v) is 8.74. The van der Waals surface area contributed by atoms with Crippen molar-refractivity contribution in [3.63, 3.8) is 0 Å². The predicted octanol–water partition coefficient (Wildman–Crippen LogP) is 4.68. The van der Waals surface area contributed by atoms with Crippen LogP contribution < -0.4 is 4.74 Å². The van der Waals surface area contributed by atoms with Gasteiger partial charge in [-0.3, -0.25) is 14.5 Å². The minimum atomic E-state index is -0.633. The van der Waals surface area contributed by atoms with Gasteiger partial charge in [0.15, 0.2) is 0 Å². The molecule has 1 amide bonds. The summed E-state index contributed by atoms with van der Waals surface area (Å²) in [5, 5.41) is 0. The Labute approximate surface area is 214 Å². The second kappa shape index (κ2) is 9.89. The largest absolute Gasteiger partial charge is 0.497 e. The number of benzene rings is 2. The van der Waals surface area contributed by atoms with Gasteiger partial charge in [-0.1, -0.05) is 30.3 Å². The van der Waals surface area contributed by atoms with Crippen LogP contribution in [0.3, 0.4) is 0 Å². The Kier molecular flexibility index (Phi) is 6.82. The first-order valence-corrected chi connectivity index (χ1v) is 13.2. The lowest BCUT2D eigenvalue weighted by molar-refractivity contribution is -0.188. The molecular formula is C30H38N2O4. The molecule has 2 aromatic carbocycles. The maximum absolute atomic E-state index is 13.4. The minimum absolute atomic E-state index is 0.0348. The van der Waals surface area contributed by atoms with Gasteiger partial charge in [-0.15, -0.1) is 0 Å². The Morgan fingerprint density at radius 3 is 2.53 bits per heavy atom. The number of nitrogens with zero attached hydrogens (tertiary/aromatic N) is 2. The highest BCUT2D eigenvalue weighted by molar-refractivity contribution is 5.94. The summed E-state index contributed by atoms with van der Waals surface area (Å²) >= 11 is 0. The Morgan fingerprint density at radius 2 is 1.83 bits per heavy atom. The standard InChI is InChI=1S/C30H38N2O4/c1-22(33)36-30-15-14-26(31(2)28(34)24-8-5-4-6-9-24)19-29(30,25-10-7-11-27(18-25)35-3)16-17-32(21-30)20-23-12-13-23/h4-11,18,23,26H,12-17,19-21H2,1-3H3/t26-,29?,30?/m0/s1. The molecular weight excluding hydrogens is 452 g/mol. The summed E-state index contributed by atoms with van der Waals surface area (Å²) in [6, 6.07) is 17.8. The quantitative estimate of drug-likeness (QED) is 0.528. The second-order valence-corrected chi connectivity index (χ2v) is 11.0. The zero-order valence-corrected chi connectivity index (χ0v) is 21.7. The van der Waals surface area contributed by atoms with E-state index in [-0.39, 0.29) is 17.9 Å². The molecule has 1 heterocycles. The number of fused-ring (bicyclic) bond motifs is 1. The fraction of sp³-hybridized carbons (Fsp3) is 0.533. The van der Waals surface area contributed by atoms with Crippen LogP contribution in [0.25, 0.3) is 0 Å². The van der Waals surface area contributed by atoms with E-state index >= 15 is 0 Å². The zero-order chi connectivity index (χ0) is 25.3. The van der Waals surface area contributed by atoms with Crippen molar-refractivity contribution < 1.29 is 19.1 Å². The first kappa shape index (κ1) is 24.8. The smallest absolute Gasteiger partial charge is 0.303 e. The van der Waals surface area contributed by atoms with Gasteiger partial charge >= 0.3 is 5.97 Å². The van der Waals surface area contributed by atoms with E-state index in [2.05, 4.69) is 17.0 Å². The fourth-order valence-electron chi connectivity index (χ4n) is 6.68. The first-order valence-electron chi connectivity index (χ1n) is 13.2. The molecule has 3 atom stereocenters. The highest BCUT2D eigenvalue weighted by Crippen LogP contribution is 2.55. The van der Waals surface area contributed by atoms with Gasteiger partial charge < -0.3 is 14.4 Å². The molecule has 3 aliphatic rings. The number of methoxy groups -OCH3 is 1. The molecule has 1 aliphatic heterocycles. The molecule has 2 saturated carbocycles. The molecule has 1 saturated heterocycles. The number of likely N-dealkylation sites (tertiary alicyclic amines) is 1. The van der Waals surface area contributed by atoms with Crippen LogP contribution in [0.15, 0.2) is 54.6 Å². The summed E-state index contributed by atoms with van der Waals surface area (Å²) in [5.41, 5.74) is 0.804. The third-order valence-electron chi connectivity index (χ3n) is 8.74. The molecule has 6 heteroatoms. The minimum Gasteiger partial charge on any atom is -0.497 e. The average molecular weight is 491 g/mol. The van der Waals surface area contributed by atoms with Gasteiger partial charge in [-0.25, -0.2) is 0 Å². The summed E-state index contributed by atoms with van der Waals surface area (Å²) in [6.07, 6.45) is 5.75. The monoisotopic (exact) mass is 490 g/mol. The van der Waals surface area contributed by atoms with Crippen LogP contribution in [0.4, 0.5) is 0 Å². The number of esters is 1. The Bertz CT molecular complexity index is 1100. The van der Waals surface area contributed by atoms with Crippen LogP contribution in [0.1, 0.15) is 61.4 Å². The van der Waals surface area contributed by atoms with Crippen LogP contribution in [0.5, 0.6) is 5.75 Å². The molecule has 0 radical (unpaired) electrons. The van der Waals surface area contributed by atoms with Crippen molar-refractivity contribution in [3.05, 3.63) is 65.7 Å². The van der Waals surface area contributed by atoms with Gasteiger partial charge in [0.05, 0.1) is 7.11 Å². The summed E-state index contributed by atoms with van der Waals surface area (Å²) < 4.78 is 12.0. The van der Waals surface area contributed by atoms with Gasteiger partial charge in [0.2, 0.25) is 0 Å². The number of hydrogen-bond acceptors (Lipinski definition) is 5. The molecule has 2 aromatic rings. The molecule has 5 rings (SSSR count). The zero-order valence-electron chi connectivity index (χ0n) is 21.7. The normalized spacial score (nSPS) is 28.1. The molecule has 0 spiro atoms. The molecule has 0 bridgehead atoms. The lowest BCUT2D eigenvalue weighted by atomic mass is 9.55. The fourth-order valence-corrected chi connectivity index (χ4v) is 6.68. The van der Waals surface area contributed by atoms with E-state index in [0.29, 0.717) is 5.56 Å². The Morgan fingerprint density at radius 1 is 1.06 bits per heavy atom. The van der Waals surface area contributed by atoms with Gasteiger partial charge in [0, 0.05) is 44.1 Å². The van der Waals surface area contributed by atoms with Crippen molar-refractivity contribution >= 4 is 11.9 Å². The van der Waals surface area contributed by atoms with Gasteiger partial charge in [0.25, 0.3) is 5.91 Å². The van der Waals surface area contributed by atoms with E-state index in [0.717, 1.165) is 62.5 Å². The molecule has 36 heavy (non-hydrogen) atoms. The van der Waals surface area contributed by atoms with Gasteiger partial charge in [-0.2, -0.15) is 0 Å². The van der Waals surface area contributed by atoms with Crippen molar-refractivity contribution in [1.29, 1.82) is 0 Å². The van der Waals surface area contributed by atoms with E-state index < -0.39 is 11.0 Å². The molecule has 6 nitrogen and oxygen atoms in total. The molecule has 3 fully saturated rings. The number of ether oxygens (including phenoxy) is 2. The second-order valence-electron chi connectivity index (χ2n) is 11.0. The summed E-state index contributed by atoms with van der Waals surface area (Å²) in [4.78, 5) is 30.4. The van der Waals surface area contributed by atoms with E-state index in [4.69, 9.17) is 9.47 Å². The van der Waals surface area contributed by atoms with E-state index in [1.807, 2.05) is 54.4 Å². The molecule has 2 aliphatic carbocycles. The summed E-state index contributed by atoms with van der Waals surface area (Å²) in [5.74, 6) is 1.37. The SMILES string of the molecule is COc1cccc(C23CCN(CC4CC4)CC2(OC(C)=O)CC[C@H](N(C)C(=O)c2ccccc2)C3)c1. The van der Waals surface area contributed by atoms with Gasteiger partial charge in [-0.05, 0) is 80.8 Å². The van der Waals surface area contributed by atoms with Crippen LogP contribution in [0, 0.1) is 5.92 Å². The van der Waals surface area contributed by atoms with E-state index in [1.54, 1.807) is 7.11 Å². The number of carbonyl (C=O) groups excluding carboxylic acids is 2. The van der Waals surface area contributed by atoms with E-state index in [1.165, 1.54) is 19.8 Å². The van der Waals surface area contributed by atoms with Crippen LogP contribution in [-0.4, -0.2) is 67.1 Å². The topological polar surface area (TPSA) is 59.1 Å².